The van der Waals surface area contributed by atoms with Gasteiger partial charge in [0, 0.05) is 51.6 Å². The maximum atomic E-state index is 12.0. The molecule has 6 heteroatoms. The summed E-state index contributed by atoms with van der Waals surface area (Å²) in [4.78, 5) is 27.7. The van der Waals surface area contributed by atoms with Gasteiger partial charge < -0.3 is 20.4 Å². The number of nitrogens with zero attached hydrogens (tertiary/aromatic N) is 2. The Bertz CT molecular complexity index is 342. The quantitative estimate of drug-likeness (QED) is 0.631. The third-order valence-corrected chi connectivity index (χ3v) is 3.83. The fourth-order valence-electron chi connectivity index (χ4n) is 2.37. The fraction of sp³-hybridized carbons (Fsp3) is 0.846. The largest absolute Gasteiger partial charge is 0.355 e. The number of nitrogens with one attached hydrogen (secondary N) is 2. The van der Waals surface area contributed by atoms with Crippen molar-refractivity contribution < 1.29 is 9.59 Å². The van der Waals surface area contributed by atoms with Crippen molar-refractivity contribution in [2.45, 2.75) is 6.42 Å². The van der Waals surface area contributed by atoms with Crippen LogP contribution in [-0.4, -0.2) is 75.0 Å². The highest BCUT2D eigenvalue weighted by Gasteiger charge is 2.34. The molecule has 2 fully saturated rings. The lowest BCUT2D eigenvalue weighted by molar-refractivity contribution is -0.129. The molecule has 0 radical (unpaired) electrons. The Hall–Kier alpha value is -1.14. The van der Waals surface area contributed by atoms with Crippen molar-refractivity contribution in [2.24, 2.45) is 11.8 Å². The summed E-state index contributed by atoms with van der Waals surface area (Å²) in [5.74, 6) is 0.536. The molecule has 2 N–H and O–H groups in total. The number of amides is 2. The summed E-state index contributed by atoms with van der Waals surface area (Å²) < 4.78 is 0. The Morgan fingerprint density at radius 3 is 2.79 bits per heavy atom. The summed E-state index contributed by atoms with van der Waals surface area (Å²) in [6.45, 7) is 4.82. The third-order valence-electron chi connectivity index (χ3n) is 3.83. The van der Waals surface area contributed by atoms with Gasteiger partial charge in [-0.2, -0.15) is 0 Å². The van der Waals surface area contributed by atoms with E-state index in [0.29, 0.717) is 25.4 Å². The van der Waals surface area contributed by atoms with Gasteiger partial charge >= 0.3 is 0 Å². The number of rotatable bonds is 6. The molecule has 2 aliphatic heterocycles. The van der Waals surface area contributed by atoms with Crippen molar-refractivity contribution in [1.82, 2.24) is 20.4 Å². The van der Waals surface area contributed by atoms with Crippen LogP contribution < -0.4 is 10.6 Å². The highest BCUT2D eigenvalue weighted by Crippen LogP contribution is 2.17. The minimum Gasteiger partial charge on any atom is -0.355 e. The minimum absolute atomic E-state index is 0.0348. The zero-order chi connectivity index (χ0) is 13.8. The zero-order valence-corrected chi connectivity index (χ0v) is 11.8. The molecule has 0 spiro atoms. The van der Waals surface area contributed by atoms with Crippen LogP contribution in [-0.2, 0) is 9.59 Å². The van der Waals surface area contributed by atoms with Gasteiger partial charge in [0.25, 0.3) is 0 Å². The second-order valence-electron chi connectivity index (χ2n) is 5.81. The van der Waals surface area contributed by atoms with Gasteiger partial charge in [-0.1, -0.05) is 0 Å². The predicted molar refractivity (Wildman–Crippen MR) is 72.6 cm³/mol. The van der Waals surface area contributed by atoms with E-state index in [-0.39, 0.29) is 17.7 Å². The van der Waals surface area contributed by atoms with E-state index in [9.17, 15) is 9.59 Å². The standard InChI is InChI=1S/C13H24N4O2/c1-16(2)3-4-17-9-11(5-12(17)18)13(19)15-8-10-6-14-7-10/h10-11,14H,3-9H2,1-2H3,(H,15,19). The van der Waals surface area contributed by atoms with Gasteiger partial charge in [0.05, 0.1) is 5.92 Å². The lowest BCUT2D eigenvalue weighted by Crippen LogP contribution is -2.49. The first-order chi connectivity index (χ1) is 9.06. The van der Waals surface area contributed by atoms with Crippen LogP contribution in [0.25, 0.3) is 0 Å². The summed E-state index contributed by atoms with van der Waals surface area (Å²) >= 11 is 0. The van der Waals surface area contributed by atoms with Crippen molar-refractivity contribution in [2.75, 3.05) is 53.4 Å². The first-order valence-electron chi connectivity index (χ1n) is 6.97. The molecule has 0 aromatic rings. The monoisotopic (exact) mass is 268 g/mol. The maximum Gasteiger partial charge on any atom is 0.225 e. The smallest absolute Gasteiger partial charge is 0.225 e. The lowest BCUT2D eigenvalue weighted by Gasteiger charge is -2.27. The number of carbonyl (C=O) groups excluding carboxylic acids is 2. The molecule has 0 aromatic carbocycles. The van der Waals surface area contributed by atoms with Crippen LogP contribution in [0.5, 0.6) is 0 Å². The fourth-order valence-corrected chi connectivity index (χ4v) is 2.37. The lowest BCUT2D eigenvalue weighted by atomic mass is 10.0. The van der Waals surface area contributed by atoms with Crippen molar-refractivity contribution in [3.8, 4) is 0 Å². The molecule has 2 saturated heterocycles. The molecule has 0 bridgehead atoms. The Kier molecular flexibility index (Phi) is 4.76. The molecule has 2 aliphatic rings. The zero-order valence-electron chi connectivity index (χ0n) is 11.8. The van der Waals surface area contributed by atoms with Gasteiger partial charge in [0.15, 0.2) is 0 Å². The molecule has 108 valence electrons. The van der Waals surface area contributed by atoms with Gasteiger partial charge in [0.2, 0.25) is 11.8 Å². The van der Waals surface area contributed by atoms with E-state index in [2.05, 4.69) is 10.6 Å². The van der Waals surface area contributed by atoms with Crippen LogP contribution in [0.3, 0.4) is 0 Å². The number of likely N-dealkylation sites (tertiary alicyclic amines) is 1. The maximum absolute atomic E-state index is 12.0. The molecular formula is C13H24N4O2. The number of likely N-dealkylation sites (N-methyl/N-ethyl adjacent to an activating group) is 1. The van der Waals surface area contributed by atoms with E-state index < -0.39 is 0 Å². The van der Waals surface area contributed by atoms with Crippen LogP contribution in [0.2, 0.25) is 0 Å². The van der Waals surface area contributed by atoms with Gasteiger partial charge in [-0.3, -0.25) is 9.59 Å². The van der Waals surface area contributed by atoms with E-state index in [0.717, 1.165) is 26.2 Å². The Labute approximate surface area is 114 Å². The molecule has 19 heavy (non-hydrogen) atoms. The SMILES string of the molecule is CN(C)CCN1CC(C(=O)NCC2CNC2)CC1=O. The highest BCUT2D eigenvalue weighted by atomic mass is 16.2. The normalized spacial score (nSPS) is 23.8. The van der Waals surface area contributed by atoms with Crippen LogP contribution >= 0.6 is 0 Å². The van der Waals surface area contributed by atoms with Crippen LogP contribution in [0, 0.1) is 11.8 Å². The Morgan fingerprint density at radius 2 is 2.21 bits per heavy atom. The van der Waals surface area contributed by atoms with Gasteiger partial charge in [-0.15, -0.1) is 0 Å². The molecular weight excluding hydrogens is 244 g/mol. The van der Waals surface area contributed by atoms with Crippen molar-refractivity contribution in [3.63, 3.8) is 0 Å². The Balaban J connectivity index is 1.72. The van der Waals surface area contributed by atoms with Crippen molar-refractivity contribution >= 4 is 11.8 Å². The molecule has 0 aliphatic carbocycles. The summed E-state index contributed by atoms with van der Waals surface area (Å²) in [6, 6.07) is 0. The molecule has 0 saturated carbocycles. The number of hydrogen-bond acceptors (Lipinski definition) is 4. The van der Waals surface area contributed by atoms with Crippen LogP contribution in [0.15, 0.2) is 0 Å². The van der Waals surface area contributed by atoms with E-state index >= 15 is 0 Å². The summed E-state index contributed by atoms with van der Waals surface area (Å²) in [5.41, 5.74) is 0. The topological polar surface area (TPSA) is 64.7 Å². The first-order valence-corrected chi connectivity index (χ1v) is 6.97. The molecule has 0 aromatic heterocycles. The van der Waals surface area contributed by atoms with E-state index in [1.54, 1.807) is 4.90 Å². The van der Waals surface area contributed by atoms with E-state index in [4.69, 9.17) is 0 Å². The molecule has 2 amide bonds. The minimum atomic E-state index is -0.164. The molecule has 1 unspecified atom stereocenters. The average Bonchev–Trinajstić information content (AvgIpc) is 2.66. The second-order valence-corrected chi connectivity index (χ2v) is 5.81. The molecule has 2 rings (SSSR count). The first kappa shape index (κ1) is 14.3. The number of carbonyl (C=O) groups is 2. The highest BCUT2D eigenvalue weighted by molar-refractivity contribution is 5.89. The van der Waals surface area contributed by atoms with E-state index in [1.807, 2.05) is 19.0 Å². The predicted octanol–water partition coefficient (Wildman–Crippen LogP) is -1.27. The van der Waals surface area contributed by atoms with Gasteiger partial charge in [-0.25, -0.2) is 0 Å². The molecule has 1 atom stereocenters. The van der Waals surface area contributed by atoms with Crippen LogP contribution in [0.4, 0.5) is 0 Å². The van der Waals surface area contributed by atoms with Crippen molar-refractivity contribution in [1.29, 1.82) is 0 Å². The van der Waals surface area contributed by atoms with Crippen molar-refractivity contribution in [3.05, 3.63) is 0 Å². The van der Waals surface area contributed by atoms with Crippen LogP contribution in [0.1, 0.15) is 6.42 Å². The summed E-state index contributed by atoms with van der Waals surface area (Å²) in [6.07, 6.45) is 0.363. The molecule has 2 heterocycles. The summed E-state index contributed by atoms with van der Waals surface area (Å²) in [5, 5.41) is 6.14. The Morgan fingerprint density at radius 1 is 1.47 bits per heavy atom. The van der Waals surface area contributed by atoms with Gasteiger partial charge in [-0.05, 0) is 14.1 Å². The third kappa shape index (κ3) is 3.91. The van der Waals surface area contributed by atoms with E-state index in [1.165, 1.54) is 0 Å². The summed E-state index contributed by atoms with van der Waals surface area (Å²) in [7, 11) is 3.97. The second kappa shape index (κ2) is 6.34. The molecule has 6 nitrogen and oxygen atoms in total. The number of hydrogen-bond donors (Lipinski definition) is 2. The van der Waals surface area contributed by atoms with Gasteiger partial charge in [0.1, 0.15) is 0 Å². The average molecular weight is 268 g/mol.